The van der Waals surface area contributed by atoms with Crippen molar-refractivity contribution in [1.82, 2.24) is 15.6 Å². The molecule has 0 saturated carbocycles. The minimum Gasteiger partial charge on any atom is -0.352 e. The number of hydrogen-bond acceptors (Lipinski definition) is 4. The van der Waals surface area contributed by atoms with E-state index in [9.17, 15) is 4.79 Å². The number of amides is 1. The fourth-order valence-corrected chi connectivity index (χ4v) is 2.57. The number of aromatic nitrogens is 1. The molecule has 3 rings (SSSR count). The van der Waals surface area contributed by atoms with Crippen molar-refractivity contribution in [3.63, 3.8) is 0 Å². The second kappa shape index (κ2) is 8.34. The Bertz CT molecular complexity index is 573. The van der Waals surface area contributed by atoms with E-state index in [-0.39, 0.29) is 30.7 Å². The summed E-state index contributed by atoms with van der Waals surface area (Å²) in [5, 5.41) is 8.15. The van der Waals surface area contributed by atoms with Gasteiger partial charge in [0.2, 0.25) is 0 Å². The van der Waals surface area contributed by atoms with Gasteiger partial charge in [-0.15, -0.1) is 36.2 Å². The summed E-state index contributed by atoms with van der Waals surface area (Å²) < 4.78 is 0. The highest BCUT2D eigenvalue weighted by atomic mass is 35.5. The van der Waals surface area contributed by atoms with Crippen LogP contribution < -0.4 is 10.6 Å². The zero-order chi connectivity index (χ0) is 13.1. The van der Waals surface area contributed by atoms with E-state index in [4.69, 9.17) is 0 Å². The number of carbonyl (C=O) groups excluding carboxylic acids is 1. The van der Waals surface area contributed by atoms with E-state index in [1.54, 1.807) is 16.8 Å². The van der Waals surface area contributed by atoms with Gasteiger partial charge < -0.3 is 10.6 Å². The van der Waals surface area contributed by atoms with Gasteiger partial charge in [-0.3, -0.25) is 4.79 Å². The van der Waals surface area contributed by atoms with E-state index in [0.29, 0.717) is 11.5 Å². The van der Waals surface area contributed by atoms with Crippen LogP contribution in [0.5, 0.6) is 0 Å². The van der Waals surface area contributed by atoms with Crippen LogP contribution in [0.25, 0.3) is 11.3 Å². The van der Waals surface area contributed by atoms with Crippen LogP contribution in [0.4, 0.5) is 0 Å². The fourth-order valence-electron chi connectivity index (χ4n) is 2.01. The number of rotatable bonds is 4. The molecule has 2 aromatic rings. The largest absolute Gasteiger partial charge is 0.352 e. The molecule has 0 spiro atoms. The first-order valence-corrected chi connectivity index (χ1v) is 7.25. The van der Waals surface area contributed by atoms with Crippen molar-refractivity contribution in [3.05, 3.63) is 40.7 Å². The summed E-state index contributed by atoms with van der Waals surface area (Å²) in [5.74, 6) is 0.564. The Morgan fingerprint density at radius 2 is 2.19 bits per heavy atom. The highest BCUT2D eigenvalue weighted by molar-refractivity contribution is 7.07. The molecule has 114 valence electrons. The van der Waals surface area contributed by atoms with Gasteiger partial charge in [-0.1, -0.05) is 12.1 Å². The van der Waals surface area contributed by atoms with Gasteiger partial charge in [0.05, 0.1) is 11.2 Å². The Balaban J connectivity index is 0.00000110. The molecule has 7 heteroatoms. The molecule has 2 N–H and O–H groups in total. The molecule has 4 nitrogen and oxygen atoms in total. The lowest BCUT2D eigenvalue weighted by molar-refractivity contribution is 0.0942. The molecule has 1 fully saturated rings. The molecular weight excluding hydrogens is 329 g/mol. The van der Waals surface area contributed by atoms with Crippen molar-refractivity contribution in [2.45, 2.75) is 0 Å². The Morgan fingerprint density at radius 3 is 2.81 bits per heavy atom. The molecule has 1 aromatic heterocycles. The lowest BCUT2D eigenvalue weighted by Gasteiger charge is -2.27. The minimum absolute atomic E-state index is 0. The van der Waals surface area contributed by atoms with E-state index >= 15 is 0 Å². The van der Waals surface area contributed by atoms with E-state index in [2.05, 4.69) is 15.6 Å². The number of thiazole rings is 1. The smallest absolute Gasteiger partial charge is 0.251 e. The topological polar surface area (TPSA) is 54.0 Å². The first-order valence-electron chi connectivity index (χ1n) is 6.30. The lowest BCUT2D eigenvalue weighted by atomic mass is 10.0. The molecule has 1 aliphatic heterocycles. The third kappa shape index (κ3) is 4.41. The van der Waals surface area contributed by atoms with Crippen LogP contribution in [0.15, 0.2) is 35.2 Å². The van der Waals surface area contributed by atoms with Crippen molar-refractivity contribution in [3.8, 4) is 11.3 Å². The lowest BCUT2D eigenvalue weighted by Crippen LogP contribution is -2.48. The summed E-state index contributed by atoms with van der Waals surface area (Å²) in [7, 11) is 0. The van der Waals surface area contributed by atoms with Crippen LogP contribution in [-0.4, -0.2) is 30.5 Å². The minimum atomic E-state index is -0.0102. The molecule has 0 aliphatic carbocycles. The quantitative estimate of drug-likeness (QED) is 0.895. The van der Waals surface area contributed by atoms with Crippen molar-refractivity contribution >= 4 is 42.1 Å². The highest BCUT2D eigenvalue weighted by Crippen LogP contribution is 2.20. The maximum Gasteiger partial charge on any atom is 0.251 e. The molecule has 0 unspecified atom stereocenters. The molecule has 1 aliphatic rings. The van der Waals surface area contributed by atoms with E-state index in [1.807, 2.05) is 29.6 Å². The zero-order valence-corrected chi connectivity index (χ0v) is 13.7. The molecule has 1 aromatic carbocycles. The van der Waals surface area contributed by atoms with Crippen LogP contribution in [0.2, 0.25) is 0 Å². The summed E-state index contributed by atoms with van der Waals surface area (Å²) in [6, 6.07) is 7.60. The van der Waals surface area contributed by atoms with Gasteiger partial charge in [0.1, 0.15) is 0 Å². The van der Waals surface area contributed by atoms with E-state index in [0.717, 1.165) is 30.9 Å². The third-order valence-corrected chi connectivity index (χ3v) is 3.86. The molecule has 2 heterocycles. The van der Waals surface area contributed by atoms with Crippen molar-refractivity contribution in [1.29, 1.82) is 0 Å². The first kappa shape index (κ1) is 17.9. The predicted octanol–water partition coefficient (Wildman–Crippen LogP) is 2.60. The normalized spacial score (nSPS) is 13.5. The average molecular weight is 346 g/mol. The van der Waals surface area contributed by atoms with Gasteiger partial charge in [0.15, 0.2) is 0 Å². The Labute approximate surface area is 140 Å². The van der Waals surface area contributed by atoms with Crippen molar-refractivity contribution in [2.75, 3.05) is 19.6 Å². The van der Waals surface area contributed by atoms with Crippen molar-refractivity contribution in [2.24, 2.45) is 5.92 Å². The Hall–Kier alpha value is -1.14. The van der Waals surface area contributed by atoms with Crippen LogP contribution in [-0.2, 0) is 0 Å². The van der Waals surface area contributed by atoms with Crippen molar-refractivity contribution < 1.29 is 4.79 Å². The highest BCUT2D eigenvalue weighted by Gasteiger charge is 2.17. The summed E-state index contributed by atoms with van der Waals surface area (Å²) in [6.07, 6.45) is 0. The Kier molecular flexibility index (Phi) is 7.11. The number of benzene rings is 1. The van der Waals surface area contributed by atoms with Gasteiger partial charge in [-0.2, -0.15) is 0 Å². The predicted molar refractivity (Wildman–Crippen MR) is 90.7 cm³/mol. The second-order valence-electron chi connectivity index (χ2n) is 4.69. The fraction of sp³-hybridized carbons (Fsp3) is 0.286. The standard InChI is InChI=1S/C14H15N3OS.2ClH/c18-14(16-7-10-5-15-6-10)12-3-1-2-11(4-12)13-8-19-9-17-13;;/h1-4,8-10,15H,5-7H2,(H,16,18);2*1H. The van der Waals surface area contributed by atoms with Gasteiger partial charge in [0, 0.05) is 42.1 Å². The molecule has 21 heavy (non-hydrogen) atoms. The maximum absolute atomic E-state index is 12.1. The summed E-state index contributed by atoms with van der Waals surface area (Å²) in [5.41, 5.74) is 4.39. The van der Waals surface area contributed by atoms with Crippen LogP contribution >= 0.6 is 36.2 Å². The molecule has 0 bridgehead atoms. The summed E-state index contributed by atoms with van der Waals surface area (Å²) in [6.45, 7) is 2.74. The van der Waals surface area contributed by atoms with Crippen LogP contribution in [0.1, 0.15) is 10.4 Å². The van der Waals surface area contributed by atoms with Gasteiger partial charge in [0.25, 0.3) is 5.91 Å². The SMILES string of the molecule is Cl.Cl.O=C(NCC1CNC1)c1cccc(-c2cscn2)c1. The molecule has 1 amide bonds. The van der Waals surface area contributed by atoms with E-state index in [1.165, 1.54) is 0 Å². The zero-order valence-electron chi connectivity index (χ0n) is 11.2. The van der Waals surface area contributed by atoms with Gasteiger partial charge >= 0.3 is 0 Å². The monoisotopic (exact) mass is 345 g/mol. The number of hydrogen-bond donors (Lipinski definition) is 2. The number of nitrogens with zero attached hydrogens (tertiary/aromatic N) is 1. The van der Waals surface area contributed by atoms with Crippen LogP contribution in [0, 0.1) is 5.92 Å². The van der Waals surface area contributed by atoms with E-state index < -0.39 is 0 Å². The molecule has 1 saturated heterocycles. The van der Waals surface area contributed by atoms with Gasteiger partial charge in [-0.25, -0.2) is 4.98 Å². The molecule has 0 atom stereocenters. The summed E-state index contributed by atoms with van der Waals surface area (Å²) >= 11 is 1.55. The number of carbonyl (C=O) groups is 1. The first-order chi connectivity index (χ1) is 9.33. The number of halogens is 2. The molecule has 0 radical (unpaired) electrons. The van der Waals surface area contributed by atoms with Crippen LogP contribution in [0.3, 0.4) is 0 Å². The third-order valence-electron chi connectivity index (χ3n) is 3.27. The summed E-state index contributed by atoms with van der Waals surface area (Å²) in [4.78, 5) is 16.3. The number of nitrogens with one attached hydrogen (secondary N) is 2. The van der Waals surface area contributed by atoms with Gasteiger partial charge in [-0.05, 0) is 12.1 Å². The Morgan fingerprint density at radius 1 is 1.38 bits per heavy atom. The average Bonchev–Trinajstić information content (AvgIpc) is 2.91. The maximum atomic E-state index is 12.1. The second-order valence-corrected chi connectivity index (χ2v) is 5.41. The molecular formula is C14H17Cl2N3OS.